The van der Waals surface area contributed by atoms with Gasteiger partial charge in [0.05, 0.1) is 20.4 Å². The van der Waals surface area contributed by atoms with E-state index >= 15 is 0 Å². The maximum absolute atomic E-state index is 12.2. The zero-order valence-electron chi connectivity index (χ0n) is 13.7. The lowest BCUT2D eigenvalue weighted by molar-refractivity contribution is -0.384. The molecular weight excluding hydrogens is 382 g/mol. The van der Waals surface area contributed by atoms with E-state index in [4.69, 9.17) is 11.6 Å². The molecule has 26 heavy (non-hydrogen) atoms. The van der Waals surface area contributed by atoms with Crippen LogP contribution in [0.2, 0.25) is 5.02 Å². The van der Waals surface area contributed by atoms with E-state index < -0.39 is 20.7 Å². The molecule has 0 saturated heterocycles. The van der Waals surface area contributed by atoms with Crippen LogP contribution in [0.5, 0.6) is 0 Å². The molecule has 10 heteroatoms. The zero-order chi connectivity index (χ0) is 19.3. The molecule has 0 heterocycles. The van der Waals surface area contributed by atoms with Gasteiger partial charge in [-0.05, 0) is 24.3 Å². The highest BCUT2D eigenvalue weighted by Crippen LogP contribution is 2.23. The summed E-state index contributed by atoms with van der Waals surface area (Å²) in [6.07, 6.45) is 1.04. The third-order valence-corrected chi connectivity index (χ3v) is 4.88. The molecular formula is C16H16ClN3O5S. The highest BCUT2D eigenvalue weighted by atomic mass is 35.5. The Morgan fingerprint density at radius 1 is 1.19 bits per heavy atom. The Morgan fingerprint density at radius 2 is 1.88 bits per heavy atom. The third kappa shape index (κ3) is 4.93. The molecule has 0 fully saturated rings. The van der Waals surface area contributed by atoms with Crippen LogP contribution in [0.3, 0.4) is 0 Å². The number of halogens is 1. The fourth-order valence-corrected chi connectivity index (χ4v) is 3.01. The second kappa shape index (κ2) is 8.15. The summed E-state index contributed by atoms with van der Waals surface area (Å²) >= 11 is 5.96. The van der Waals surface area contributed by atoms with E-state index in [2.05, 4.69) is 10.6 Å². The van der Waals surface area contributed by atoms with Crippen LogP contribution in [0, 0.1) is 10.1 Å². The fourth-order valence-electron chi connectivity index (χ4n) is 2.16. The van der Waals surface area contributed by atoms with Gasteiger partial charge in [-0.2, -0.15) is 0 Å². The first-order valence-corrected chi connectivity index (χ1v) is 9.72. The van der Waals surface area contributed by atoms with Crippen molar-refractivity contribution in [1.29, 1.82) is 0 Å². The van der Waals surface area contributed by atoms with Gasteiger partial charge in [0.25, 0.3) is 11.6 Å². The summed E-state index contributed by atoms with van der Waals surface area (Å²) in [5.41, 5.74) is 0.312. The average molecular weight is 398 g/mol. The minimum absolute atomic E-state index is 0.00918. The number of amides is 1. The Morgan fingerprint density at radius 3 is 2.54 bits per heavy atom. The number of sulfone groups is 1. The second-order valence-corrected chi connectivity index (χ2v) is 7.79. The summed E-state index contributed by atoms with van der Waals surface area (Å²) in [4.78, 5) is 22.6. The molecule has 0 aromatic heterocycles. The van der Waals surface area contributed by atoms with Crippen molar-refractivity contribution in [3.05, 3.63) is 63.2 Å². The summed E-state index contributed by atoms with van der Waals surface area (Å²) in [6.45, 7) is 0.393. The van der Waals surface area contributed by atoms with E-state index in [0.717, 1.165) is 6.26 Å². The van der Waals surface area contributed by atoms with E-state index in [1.165, 1.54) is 24.3 Å². The first-order valence-electron chi connectivity index (χ1n) is 7.45. The van der Waals surface area contributed by atoms with Crippen LogP contribution >= 0.6 is 11.6 Å². The van der Waals surface area contributed by atoms with Crippen molar-refractivity contribution in [3.63, 3.8) is 0 Å². The Hall–Kier alpha value is -2.65. The molecule has 0 radical (unpaired) electrons. The summed E-state index contributed by atoms with van der Waals surface area (Å²) in [7, 11) is -3.46. The van der Waals surface area contributed by atoms with Gasteiger partial charge in [0.2, 0.25) is 0 Å². The Balaban J connectivity index is 1.99. The van der Waals surface area contributed by atoms with E-state index in [1.54, 1.807) is 18.2 Å². The minimum Gasteiger partial charge on any atom is -0.378 e. The number of rotatable bonds is 7. The average Bonchev–Trinajstić information content (AvgIpc) is 2.58. The first-order chi connectivity index (χ1) is 12.2. The van der Waals surface area contributed by atoms with Crippen LogP contribution in [0.4, 0.5) is 11.4 Å². The van der Waals surface area contributed by atoms with Crippen molar-refractivity contribution in [2.75, 3.05) is 24.7 Å². The second-order valence-electron chi connectivity index (χ2n) is 5.37. The summed E-state index contributed by atoms with van der Waals surface area (Å²) < 4.78 is 23.2. The van der Waals surface area contributed by atoms with E-state index in [0.29, 0.717) is 5.69 Å². The van der Waals surface area contributed by atoms with Gasteiger partial charge in [0, 0.05) is 25.4 Å². The third-order valence-electron chi connectivity index (χ3n) is 3.44. The number of carbonyl (C=O) groups is 1. The van der Waals surface area contributed by atoms with Gasteiger partial charge in [-0.15, -0.1) is 0 Å². The molecule has 2 rings (SSSR count). The van der Waals surface area contributed by atoms with Crippen molar-refractivity contribution in [2.45, 2.75) is 4.90 Å². The van der Waals surface area contributed by atoms with Crippen LogP contribution in [-0.4, -0.2) is 38.6 Å². The molecule has 2 N–H and O–H groups in total. The van der Waals surface area contributed by atoms with Crippen molar-refractivity contribution < 1.29 is 18.1 Å². The van der Waals surface area contributed by atoms with Gasteiger partial charge in [-0.25, -0.2) is 8.42 Å². The van der Waals surface area contributed by atoms with Crippen LogP contribution in [-0.2, 0) is 9.84 Å². The smallest absolute Gasteiger partial charge is 0.292 e. The number of carbonyl (C=O) groups excluding carboxylic acids is 1. The molecule has 0 aliphatic heterocycles. The molecule has 1 amide bonds. The number of hydrogen-bond donors (Lipinski definition) is 2. The van der Waals surface area contributed by atoms with E-state index in [-0.39, 0.29) is 34.3 Å². The van der Waals surface area contributed by atoms with E-state index in [9.17, 15) is 23.3 Å². The standard InChI is InChI=1S/C16H16ClN3O5S/c1-26(24,25)11-6-7-13(17)12(10-11)16(21)19-9-8-18-14-4-2-3-5-15(14)20(22)23/h2-7,10,18H,8-9H2,1H3,(H,19,21). The quantitative estimate of drug-likeness (QED) is 0.421. The Labute approximate surface area is 155 Å². The van der Waals surface area contributed by atoms with Gasteiger partial charge in [-0.1, -0.05) is 23.7 Å². The lowest BCUT2D eigenvalue weighted by Gasteiger charge is -2.10. The summed E-state index contributed by atoms with van der Waals surface area (Å²) in [6, 6.07) is 10.0. The van der Waals surface area contributed by atoms with Crippen molar-refractivity contribution >= 4 is 38.7 Å². The molecule has 0 aliphatic carbocycles. The molecule has 8 nitrogen and oxygen atoms in total. The van der Waals surface area contributed by atoms with E-state index in [1.807, 2.05) is 0 Å². The molecule has 0 aliphatic rings. The molecule has 0 atom stereocenters. The number of benzene rings is 2. The normalized spacial score (nSPS) is 11.0. The lowest BCUT2D eigenvalue weighted by atomic mass is 10.2. The number of nitrogens with one attached hydrogen (secondary N) is 2. The number of hydrogen-bond acceptors (Lipinski definition) is 6. The monoisotopic (exact) mass is 397 g/mol. The maximum atomic E-state index is 12.2. The van der Waals surface area contributed by atoms with Gasteiger partial charge in [0.1, 0.15) is 5.69 Å². The van der Waals surface area contributed by atoms with Crippen molar-refractivity contribution in [2.24, 2.45) is 0 Å². The van der Waals surface area contributed by atoms with Gasteiger partial charge in [0.15, 0.2) is 9.84 Å². The number of nitrogens with zero attached hydrogens (tertiary/aromatic N) is 1. The SMILES string of the molecule is CS(=O)(=O)c1ccc(Cl)c(C(=O)NCCNc2ccccc2[N+](=O)[O-])c1. The molecule has 0 saturated carbocycles. The molecule has 0 bridgehead atoms. The largest absolute Gasteiger partial charge is 0.378 e. The number of anilines is 1. The summed E-state index contributed by atoms with van der Waals surface area (Å²) in [5, 5.41) is 16.5. The van der Waals surface area contributed by atoms with Crippen LogP contribution < -0.4 is 10.6 Å². The van der Waals surface area contributed by atoms with Gasteiger partial charge >= 0.3 is 0 Å². The highest BCUT2D eigenvalue weighted by molar-refractivity contribution is 7.90. The number of nitro groups is 1. The predicted octanol–water partition coefficient (Wildman–Crippen LogP) is 2.49. The minimum atomic E-state index is -3.46. The Kier molecular flexibility index (Phi) is 6.17. The number of nitro benzene ring substituents is 1. The Bertz CT molecular complexity index is 947. The van der Waals surface area contributed by atoms with Crippen LogP contribution in [0.1, 0.15) is 10.4 Å². The molecule has 138 valence electrons. The predicted molar refractivity (Wildman–Crippen MR) is 98.5 cm³/mol. The molecule has 2 aromatic rings. The highest BCUT2D eigenvalue weighted by Gasteiger charge is 2.15. The zero-order valence-corrected chi connectivity index (χ0v) is 15.3. The van der Waals surface area contributed by atoms with Gasteiger partial charge in [-0.3, -0.25) is 14.9 Å². The van der Waals surface area contributed by atoms with Crippen molar-refractivity contribution in [1.82, 2.24) is 5.32 Å². The lowest BCUT2D eigenvalue weighted by Crippen LogP contribution is -2.29. The summed E-state index contributed by atoms with van der Waals surface area (Å²) in [5.74, 6) is -0.537. The van der Waals surface area contributed by atoms with Crippen molar-refractivity contribution in [3.8, 4) is 0 Å². The maximum Gasteiger partial charge on any atom is 0.292 e. The van der Waals surface area contributed by atoms with Gasteiger partial charge < -0.3 is 10.6 Å². The molecule has 2 aromatic carbocycles. The van der Waals surface area contributed by atoms with Crippen LogP contribution in [0.25, 0.3) is 0 Å². The molecule has 0 spiro atoms. The molecule has 0 unspecified atom stereocenters. The fraction of sp³-hybridized carbons (Fsp3) is 0.188. The van der Waals surface area contributed by atoms with Crippen LogP contribution in [0.15, 0.2) is 47.4 Å². The topological polar surface area (TPSA) is 118 Å². The number of para-hydroxylation sites is 2. The first kappa shape index (κ1) is 19.7.